The van der Waals surface area contributed by atoms with Crippen molar-refractivity contribution in [2.24, 2.45) is 18.9 Å². The van der Waals surface area contributed by atoms with E-state index in [-0.39, 0.29) is 61.0 Å². The second kappa shape index (κ2) is 8.61. The second-order valence-electron chi connectivity index (χ2n) is 7.78. The first kappa shape index (κ1) is 20.8. The van der Waals surface area contributed by atoms with E-state index >= 15 is 0 Å². The van der Waals surface area contributed by atoms with Crippen molar-refractivity contribution in [1.29, 1.82) is 0 Å². The Labute approximate surface area is 171 Å². The predicted octanol–water partition coefficient (Wildman–Crippen LogP) is 0.880. The number of aromatic nitrogens is 2. The molecule has 0 radical (unpaired) electrons. The fourth-order valence-electron chi connectivity index (χ4n) is 4.73. The van der Waals surface area contributed by atoms with Gasteiger partial charge in [-0.05, 0) is 12.8 Å². The number of amides is 3. The Balaban J connectivity index is 0.00000225. The van der Waals surface area contributed by atoms with Crippen LogP contribution in [-0.4, -0.2) is 63.3 Å². The molecule has 3 heterocycles. The van der Waals surface area contributed by atoms with Crippen molar-refractivity contribution < 1.29 is 14.4 Å². The van der Waals surface area contributed by atoms with E-state index in [1.807, 2.05) is 22.7 Å². The molecule has 0 bridgehead atoms. The highest BCUT2D eigenvalue weighted by Gasteiger charge is 2.48. The molecule has 154 valence electrons. The first-order valence-corrected chi connectivity index (χ1v) is 9.90. The summed E-state index contributed by atoms with van der Waals surface area (Å²) in [6, 6.07) is -0.126. The first-order valence-electron chi connectivity index (χ1n) is 9.90. The van der Waals surface area contributed by atoms with Crippen molar-refractivity contribution in [2.45, 2.75) is 38.1 Å². The van der Waals surface area contributed by atoms with E-state index in [2.05, 4.69) is 10.3 Å². The highest BCUT2D eigenvalue weighted by molar-refractivity contribution is 6.05. The lowest BCUT2D eigenvalue weighted by atomic mass is 9.81. The van der Waals surface area contributed by atoms with Gasteiger partial charge in [0.05, 0.1) is 11.8 Å². The monoisotopic (exact) mass is 409 g/mol. The number of nitrogens with zero attached hydrogens (tertiary/aromatic N) is 4. The molecule has 8 nitrogen and oxygen atoms in total. The van der Waals surface area contributed by atoms with E-state index in [9.17, 15) is 14.4 Å². The van der Waals surface area contributed by atoms with E-state index in [0.717, 1.165) is 38.1 Å². The number of fused-ring (bicyclic) bond motifs is 1. The average Bonchev–Trinajstić information content (AvgIpc) is 3.22. The fourth-order valence-corrected chi connectivity index (χ4v) is 4.73. The minimum atomic E-state index is -0.152. The van der Waals surface area contributed by atoms with Gasteiger partial charge in [0.2, 0.25) is 17.7 Å². The topological polar surface area (TPSA) is 87.5 Å². The summed E-state index contributed by atoms with van der Waals surface area (Å²) in [4.78, 5) is 45.7. The number of rotatable bonds is 4. The highest BCUT2D eigenvalue weighted by atomic mass is 35.5. The number of imide groups is 1. The fraction of sp³-hybridized carbons (Fsp3) is 0.684. The zero-order chi connectivity index (χ0) is 19.0. The van der Waals surface area contributed by atoms with Gasteiger partial charge >= 0.3 is 0 Å². The molecule has 3 unspecified atom stereocenters. The molecule has 2 aliphatic heterocycles. The van der Waals surface area contributed by atoms with E-state index in [0.29, 0.717) is 13.1 Å². The number of piperazine rings is 1. The quantitative estimate of drug-likeness (QED) is 0.746. The SMILES string of the molecule is Cl.Cn1ccnc1C1CNCCN1C(=O)CCN1C(=O)C2CCCCC2C1=O. The molecule has 4 rings (SSSR count). The number of carbonyl (C=O) groups is 3. The minimum absolute atomic E-state index is 0. The van der Waals surface area contributed by atoms with Crippen LogP contribution in [0.1, 0.15) is 44.0 Å². The number of aryl methyl sites for hydroxylation is 1. The summed E-state index contributed by atoms with van der Waals surface area (Å²) in [6.07, 6.45) is 7.42. The zero-order valence-corrected chi connectivity index (χ0v) is 17.0. The minimum Gasteiger partial charge on any atom is -0.336 e. The van der Waals surface area contributed by atoms with Crippen LogP contribution < -0.4 is 5.32 Å². The predicted molar refractivity (Wildman–Crippen MR) is 105 cm³/mol. The lowest BCUT2D eigenvalue weighted by molar-refractivity contribution is -0.141. The maximum absolute atomic E-state index is 12.9. The van der Waals surface area contributed by atoms with Crippen molar-refractivity contribution in [2.75, 3.05) is 26.2 Å². The molecular weight excluding hydrogens is 382 g/mol. The molecule has 1 saturated carbocycles. The van der Waals surface area contributed by atoms with Crippen LogP contribution in [0.15, 0.2) is 12.4 Å². The third-order valence-corrected chi connectivity index (χ3v) is 6.20. The average molecular weight is 410 g/mol. The van der Waals surface area contributed by atoms with Gasteiger partial charge in [-0.3, -0.25) is 19.3 Å². The van der Waals surface area contributed by atoms with Crippen LogP contribution in [-0.2, 0) is 21.4 Å². The van der Waals surface area contributed by atoms with Gasteiger partial charge in [-0.2, -0.15) is 0 Å². The Hall–Kier alpha value is -1.93. The van der Waals surface area contributed by atoms with Gasteiger partial charge in [0, 0.05) is 52.0 Å². The molecule has 2 saturated heterocycles. The van der Waals surface area contributed by atoms with Crippen LogP contribution >= 0.6 is 12.4 Å². The molecule has 3 fully saturated rings. The molecule has 28 heavy (non-hydrogen) atoms. The lowest BCUT2D eigenvalue weighted by Crippen LogP contribution is -2.50. The molecule has 1 aromatic rings. The number of nitrogens with one attached hydrogen (secondary N) is 1. The smallest absolute Gasteiger partial charge is 0.233 e. The normalized spacial score (nSPS) is 27.5. The van der Waals surface area contributed by atoms with Gasteiger partial charge in [-0.15, -0.1) is 12.4 Å². The molecule has 0 aromatic carbocycles. The van der Waals surface area contributed by atoms with Crippen LogP contribution in [0.2, 0.25) is 0 Å². The number of hydrogen-bond donors (Lipinski definition) is 1. The molecule has 3 atom stereocenters. The molecule has 3 aliphatic rings. The largest absolute Gasteiger partial charge is 0.336 e. The van der Waals surface area contributed by atoms with E-state index in [1.54, 1.807) is 6.20 Å². The summed E-state index contributed by atoms with van der Waals surface area (Å²) in [6.45, 7) is 2.19. The number of halogens is 1. The van der Waals surface area contributed by atoms with Gasteiger partial charge in [0.1, 0.15) is 11.9 Å². The number of hydrogen-bond acceptors (Lipinski definition) is 5. The highest BCUT2D eigenvalue weighted by Crippen LogP contribution is 2.38. The van der Waals surface area contributed by atoms with Gasteiger partial charge in [-0.1, -0.05) is 12.8 Å². The standard InChI is InChI=1S/C19H27N5O3.ClH/c1-22-10-8-21-17(22)15-12-20-7-11-23(15)16(25)6-9-24-18(26)13-4-2-3-5-14(13)19(24)27;/h8,10,13-15,20H,2-7,9,11-12H2,1H3;1H. The Morgan fingerprint density at radius 3 is 2.50 bits per heavy atom. The maximum Gasteiger partial charge on any atom is 0.233 e. The van der Waals surface area contributed by atoms with Crippen LogP contribution in [0.5, 0.6) is 0 Å². The van der Waals surface area contributed by atoms with Crippen LogP contribution in [0.3, 0.4) is 0 Å². The summed E-state index contributed by atoms with van der Waals surface area (Å²) < 4.78 is 1.93. The summed E-state index contributed by atoms with van der Waals surface area (Å²) in [7, 11) is 1.92. The molecule has 1 N–H and O–H groups in total. The summed E-state index contributed by atoms with van der Waals surface area (Å²) >= 11 is 0. The van der Waals surface area contributed by atoms with Crippen molar-refractivity contribution in [1.82, 2.24) is 24.7 Å². The summed E-state index contributed by atoms with van der Waals surface area (Å²) in [5.41, 5.74) is 0. The molecule has 0 spiro atoms. The number of likely N-dealkylation sites (tertiary alicyclic amines) is 1. The van der Waals surface area contributed by atoms with E-state index in [1.165, 1.54) is 4.90 Å². The van der Waals surface area contributed by atoms with Gasteiger partial charge in [0.25, 0.3) is 0 Å². The van der Waals surface area contributed by atoms with Crippen molar-refractivity contribution >= 4 is 30.1 Å². The van der Waals surface area contributed by atoms with Gasteiger partial charge in [-0.25, -0.2) is 4.98 Å². The van der Waals surface area contributed by atoms with Crippen LogP contribution in [0.25, 0.3) is 0 Å². The molecule has 9 heteroatoms. The van der Waals surface area contributed by atoms with Crippen LogP contribution in [0.4, 0.5) is 0 Å². The maximum atomic E-state index is 12.9. The van der Waals surface area contributed by atoms with Crippen molar-refractivity contribution in [3.05, 3.63) is 18.2 Å². The Bertz CT molecular complexity index is 728. The zero-order valence-electron chi connectivity index (χ0n) is 16.2. The van der Waals surface area contributed by atoms with E-state index < -0.39 is 0 Å². The van der Waals surface area contributed by atoms with E-state index in [4.69, 9.17) is 0 Å². The summed E-state index contributed by atoms with van der Waals surface area (Å²) in [5, 5.41) is 3.31. The van der Waals surface area contributed by atoms with Crippen LogP contribution in [0, 0.1) is 11.8 Å². The van der Waals surface area contributed by atoms with Gasteiger partial charge in [0.15, 0.2) is 0 Å². The third-order valence-electron chi connectivity index (χ3n) is 6.20. The Morgan fingerprint density at radius 1 is 1.21 bits per heavy atom. The lowest BCUT2D eigenvalue weighted by Gasteiger charge is -2.36. The number of carbonyl (C=O) groups excluding carboxylic acids is 3. The first-order chi connectivity index (χ1) is 13.1. The Morgan fingerprint density at radius 2 is 1.89 bits per heavy atom. The Kier molecular flexibility index (Phi) is 6.40. The van der Waals surface area contributed by atoms with Crippen molar-refractivity contribution in [3.8, 4) is 0 Å². The van der Waals surface area contributed by atoms with Crippen molar-refractivity contribution in [3.63, 3.8) is 0 Å². The number of imidazole rings is 1. The summed E-state index contributed by atoms with van der Waals surface area (Å²) in [5.74, 6) is 0.369. The third kappa shape index (κ3) is 3.67. The molecular formula is C19H28ClN5O3. The molecule has 1 aromatic heterocycles. The molecule has 3 amide bonds. The second-order valence-corrected chi connectivity index (χ2v) is 7.78. The van der Waals surface area contributed by atoms with Gasteiger partial charge < -0.3 is 14.8 Å². The molecule has 1 aliphatic carbocycles.